The summed E-state index contributed by atoms with van der Waals surface area (Å²) in [6.45, 7) is 16.0. The van der Waals surface area contributed by atoms with Crippen molar-refractivity contribution in [2.75, 3.05) is 0 Å². The fourth-order valence-corrected chi connectivity index (χ4v) is 0. The molecule has 0 spiro atoms. The first-order valence-electron chi connectivity index (χ1n) is 4.62. The molecule has 0 aromatic carbocycles. The fraction of sp³-hybridized carbons (Fsp3) is 0.667. The van der Waals surface area contributed by atoms with Gasteiger partial charge in [-0.2, -0.15) is 0 Å². The van der Waals surface area contributed by atoms with E-state index in [-0.39, 0.29) is 27.3 Å². The van der Waals surface area contributed by atoms with E-state index in [9.17, 15) is 0 Å². The fourth-order valence-electron chi connectivity index (χ4n) is 0. The zero-order valence-electron chi connectivity index (χ0n) is 10.8. The van der Waals surface area contributed by atoms with E-state index in [4.69, 9.17) is 0 Å². The Labute approximate surface area is 108 Å². The summed E-state index contributed by atoms with van der Waals surface area (Å²) in [7, 11) is 0. The Bertz CT molecular complexity index is 13.1. The molecule has 0 nitrogen and oxygen atoms in total. The van der Waals surface area contributed by atoms with Crippen LogP contribution in [0.25, 0.3) is 0 Å². The van der Waals surface area contributed by atoms with Crippen LogP contribution in [0.4, 0.5) is 0 Å². The van der Waals surface area contributed by atoms with Gasteiger partial charge in [0.2, 0.25) is 0 Å². The molecule has 0 heterocycles. The van der Waals surface area contributed by atoms with Crippen molar-refractivity contribution in [1.29, 1.82) is 0 Å². The molecule has 0 aliphatic carbocycles. The van der Waals surface area contributed by atoms with Gasteiger partial charge in [0, 0.05) is 27.3 Å². The van der Waals surface area contributed by atoms with Crippen LogP contribution in [0.2, 0.25) is 0 Å². The van der Waals surface area contributed by atoms with Gasteiger partial charge in [-0.25, -0.2) is 0 Å². The predicted octanol–water partition coefficient (Wildman–Crippen LogP) is 4.54. The topological polar surface area (TPSA) is 0 Å². The first kappa shape index (κ1) is 29.2. The van der Waals surface area contributed by atoms with Crippen molar-refractivity contribution >= 4 is 27.3 Å². The Morgan fingerprint density at radius 1 is 0.385 bits per heavy atom. The second-order valence-electron chi connectivity index (χ2n) is 2.31. The van der Waals surface area contributed by atoms with Crippen molar-refractivity contribution in [3.63, 3.8) is 0 Å². The van der Waals surface area contributed by atoms with Gasteiger partial charge in [-0.15, -0.1) is 0 Å². The molecular weight excluding hydrogens is 351 g/mol. The monoisotopic (exact) mass is 380 g/mol. The molecule has 1 heteroatoms. The molecule has 0 aliphatic heterocycles. The van der Waals surface area contributed by atoms with E-state index in [0.29, 0.717) is 0 Å². The van der Waals surface area contributed by atoms with Crippen LogP contribution in [0.3, 0.4) is 0 Å². The summed E-state index contributed by atoms with van der Waals surface area (Å²) >= 11 is 0. The summed E-state index contributed by atoms with van der Waals surface area (Å²) < 4.78 is 0. The third kappa shape index (κ3) is 1810. The van der Waals surface area contributed by atoms with E-state index in [2.05, 4.69) is 0 Å². The molecule has 0 bridgehead atoms. The van der Waals surface area contributed by atoms with Crippen molar-refractivity contribution in [2.24, 2.45) is 0 Å². The van der Waals surface area contributed by atoms with Crippen LogP contribution in [0.15, 0.2) is 0 Å². The molecular formula is C12H28Pb. The SMILES string of the molecule is C[CH]C.C[CH]C.C[CH]C.C[CH]C.[Pb]. The van der Waals surface area contributed by atoms with Gasteiger partial charge >= 0.3 is 0 Å². The molecule has 0 aliphatic rings. The molecule has 0 saturated carbocycles. The van der Waals surface area contributed by atoms with Gasteiger partial charge in [-0.05, 0) is 25.7 Å². The van der Waals surface area contributed by atoms with E-state index >= 15 is 0 Å². The summed E-state index contributed by atoms with van der Waals surface area (Å²) in [6.07, 6.45) is 8.00. The van der Waals surface area contributed by atoms with E-state index in [0.717, 1.165) is 0 Å². The van der Waals surface area contributed by atoms with Gasteiger partial charge in [0.15, 0.2) is 0 Å². The van der Waals surface area contributed by atoms with Crippen LogP contribution in [-0.2, 0) is 0 Å². The van der Waals surface area contributed by atoms with E-state index < -0.39 is 0 Å². The predicted molar refractivity (Wildman–Crippen MR) is 68.3 cm³/mol. The molecule has 0 saturated heterocycles. The second kappa shape index (κ2) is 75.8. The zero-order chi connectivity index (χ0) is 10.8. The Kier molecular flexibility index (Phi) is 170. The minimum absolute atomic E-state index is 0. The normalized spacial score (nSPS) is 5.54. The van der Waals surface area contributed by atoms with E-state index in [1.807, 2.05) is 81.1 Å². The van der Waals surface area contributed by atoms with Crippen LogP contribution in [-0.4, -0.2) is 27.3 Å². The Morgan fingerprint density at radius 2 is 0.385 bits per heavy atom. The Hall–Kier alpha value is 0.922. The first-order chi connectivity index (χ1) is 5.66. The van der Waals surface area contributed by atoms with E-state index in [1.54, 1.807) is 0 Å². The van der Waals surface area contributed by atoms with E-state index in [1.165, 1.54) is 0 Å². The van der Waals surface area contributed by atoms with Crippen LogP contribution in [0.5, 0.6) is 0 Å². The minimum atomic E-state index is 0. The second-order valence-corrected chi connectivity index (χ2v) is 2.31. The average molecular weight is 380 g/mol. The molecule has 0 rings (SSSR count). The minimum Gasteiger partial charge on any atom is -0.0625 e. The van der Waals surface area contributed by atoms with Gasteiger partial charge in [0.05, 0.1) is 0 Å². The van der Waals surface area contributed by atoms with Crippen LogP contribution in [0, 0.1) is 25.7 Å². The third-order valence-corrected chi connectivity index (χ3v) is 0. The molecule has 0 amide bonds. The summed E-state index contributed by atoms with van der Waals surface area (Å²) in [5.41, 5.74) is 0. The molecule has 0 fully saturated rings. The average Bonchev–Trinajstić information content (AvgIpc) is 1.92. The maximum absolute atomic E-state index is 2.00. The van der Waals surface area contributed by atoms with Crippen molar-refractivity contribution in [3.8, 4) is 0 Å². The smallest absolute Gasteiger partial charge is 0 e. The summed E-state index contributed by atoms with van der Waals surface area (Å²) in [5.74, 6) is 0. The molecule has 0 N–H and O–H groups in total. The third-order valence-electron chi connectivity index (χ3n) is 0. The maximum Gasteiger partial charge on any atom is 0 e. The van der Waals surface area contributed by atoms with Crippen molar-refractivity contribution in [2.45, 2.75) is 55.4 Å². The van der Waals surface area contributed by atoms with Gasteiger partial charge in [-0.1, -0.05) is 55.4 Å². The Morgan fingerprint density at radius 3 is 0.385 bits per heavy atom. The molecule has 13 heavy (non-hydrogen) atoms. The molecule has 80 valence electrons. The molecule has 0 atom stereocenters. The van der Waals surface area contributed by atoms with Gasteiger partial charge in [-0.3, -0.25) is 0 Å². The molecule has 0 unspecified atom stereocenters. The maximum atomic E-state index is 2.00. The number of rotatable bonds is 0. The van der Waals surface area contributed by atoms with Crippen LogP contribution >= 0.6 is 0 Å². The standard InChI is InChI=1S/4C3H7.Pb/c4*1-3-2;/h4*3H,1-2H3;. The number of hydrogen-bond donors (Lipinski definition) is 0. The zero-order valence-corrected chi connectivity index (χ0v) is 14.7. The van der Waals surface area contributed by atoms with Crippen LogP contribution in [0.1, 0.15) is 55.4 Å². The molecule has 0 aromatic heterocycles. The largest absolute Gasteiger partial charge is 0.0625 e. The summed E-state index contributed by atoms with van der Waals surface area (Å²) in [6, 6.07) is 0. The van der Waals surface area contributed by atoms with Crippen molar-refractivity contribution < 1.29 is 0 Å². The van der Waals surface area contributed by atoms with Gasteiger partial charge < -0.3 is 0 Å². The van der Waals surface area contributed by atoms with Crippen molar-refractivity contribution in [3.05, 3.63) is 25.7 Å². The number of hydrogen-bond acceptors (Lipinski definition) is 0. The van der Waals surface area contributed by atoms with Gasteiger partial charge in [0.25, 0.3) is 0 Å². The first-order valence-corrected chi connectivity index (χ1v) is 4.62. The molecule has 0 aromatic rings. The van der Waals surface area contributed by atoms with Crippen LogP contribution < -0.4 is 0 Å². The molecule has 8 radical (unpaired) electrons. The quantitative estimate of drug-likeness (QED) is 0.542. The van der Waals surface area contributed by atoms with Crippen molar-refractivity contribution in [1.82, 2.24) is 0 Å². The Balaban J connectivity index is -0.0000000213. The summed E-state index contributed by atoms with van der Waals surface area (Å²) in [4.78, 5) is 0. The summed E-state index contributed by atoms with van der Waals surface area (Å²) in [5, 5.41) is 0. The van der Waals surface area contributed by atoms with Gasteiger partial charge in [0.1, 0.15) is 0 Å².